The minimum atomic E-state index is -0.384. The Morgan fingerprint density at radius 3 is 2.71 bits per heavy atom. The van der Waals surface area contributed by atoms with E-state index >= 15 is 0 Å². The third-order valence-electron chi connectivity index (χ3n) is 2.88. The smallest absolute Gasteiger partial charge is 0.411 e. The molecule has 3 nitrogen and oxygen atoms in total. The van der Waals surface area contributed by atoms with E-state index in [4.69, 9.17) is 11.2 Å². The van der Waals surface area contributed by atoms with E-state index in [0.29, 0.717) is 12.6 Å². The van der Waals surface area contributed by atoms with Crippen LogP contribution in [0, 0.1) is 17.8 Å². The maximum absolute atomic E-state index is 11.5. The summed E-state index contributed by atoms with van der Waals surface area (Å²) in [7, 11) is 0. The van der Waals surface area contributed by atoms with Crippen molar-refractivity contribution >= 4 is 6.09 Å². The van der Waals surface area contributed by atoms with Gasteiger partial charge in [-0.15, -0.1) is 6.42 Å². The SMILES string of the molecule is C#CC1OC(=O)N(C2CC2)CC1(C)C. The molecule has 3 heteroatoms. The lowest BCUT2D eigenvalue weighted by Gasteiger charge is -2.41. The molecule has 1 saturated heterocycles. The van der Waals surface area contributed by atoms with Gasteiger partial charge in [0.2, 0.25) is 0 Å². The van der Waals surface area contributed by atoms with Crippen molar-refractivity contribution in [3.05, 3.63) is 0 Å². The number of amides is 1. The Hall–Kier alpha value is -1.17. The Morgan fingerprint density at radius 1 is 1.57 bits per heavy atom. The molecule has 1 amide bonds. The van der Waals surface area contributed by atoms with Gasteiger partial charge in [0.1, 0.15) is 0 Å². The molecule has 76 valence electrons. The molecule has 2 fully saturated rings. The van der Waals surface area contributed by atoms with Gasteiger partial charge in [-0.3, -0.25) is 0 Å². The minimum absolute atomic E-state index is 0.134. The second-order valence-corrected chi connectivity index (χ2v) is 4.78. The molecule has 0 N–H and O–H groups in total. The molecule has 1 atom stereocenters. The lowest BCUT2D eigenvalue weighted by molar-refractivity contribution is -0.0252. The summed E-state index contributed by atoms with van der Waals surface area (Å²) in [6.45, 7) is 4.80. The first-order valence-corrected chi connectivity index (χ1v) is 4.98. The van der Waals surface area contributed by atoms with Crippen molar-refractivity contribution in [2.45, 2.75) is 38.8 Å². The maximum Gasteiger partial charge on any atom is 0.411 e. The van der Waals surface area contributed by atoms with E-state index in [1.807, 2.05) is 18.7 Å². The molecule has 14 heavy (non-hydrogen) atoms. The van der Waals surface area contributed by atoms with Crippen molar-refractivity contribution in [1.29, 1.82) is 0 Å². The van der Waals surface area contributed by atoms with Gasteiger partial charge < -0.3 is 9.64 Å². The molecule has 0 aromatic heterocycles. The Balaban J connectivity index is 2.14. The highest BCUT2D eigenvalue weighted by Gasteiger charge is 2.45. The average molecular weight is 193 g/mol. The van der Waals surface area contributed by atoms with Crippen LogP contribution in [0.1, 0.15) is 26.7 Å². The van der Waals surface area contributed by atoms with Crippen LogP contribution in [-0.2, 0) is 4.74 Å². The van der Waals surface area contributed by atoms with Crippen LogP contribution in [0.15, 0.2) is 0 Å². The van der Waals surface area contributed by atoms with Crippen LogP contribution in [0.5, 0.6) is 0 Å². The summed E-state index contributed by atoms with van der Waals surface area (Å²) in [4.78, 5) is 13.4. The molecule has 0 radical (unpaired) electrons. The summed E-state index contributed by atoms with van der Waals surface area (Å²) in [5, 5.41) is 0. The molecular weight excluding hydrogens is 178 g/mol. The highest BCUT2D eigenvalue weighted by Crippen LogP contribution is 2.36. The monoisotopic (exact) mass is 193 g/mol. The van der Waals surface area contributed by atoms with Gasteiger partial charge in [0.25, 0.3) is 0 Å². The summed E-state index contributed by atoms with van der Waals surface area (Å²) >= 11 is 0. The van der Waals surface area contributed by atoms with E-state index < -0.39 is 0 Å². The van der Waals surface area contributed by atoms with Crippen molar-refractivity contribution in [2.24, 2.45) is 5.41 Å². The fourth-order valence-electron chi connectivity index (χ4n) is 1.84. The lowest BCUT2D eigenvalue weighted by Crippen LogP contribution is -2.53. The molecule has 0 bridgehead atoms. The van der Waals surface area contributed by atoms with Gasteiger partial charge in [0.05, 0.1) is 0 Å². The molecule has 1 unspecified atom stereocenters. The van der Waals surface area contributed by atoms with Crippen LogP contribution >= 0.6 is 0 Å². The second kappa shape index (κ2) is 2.91. The van der Waals surface area contributed by atoms with Crippen molar-refractivity contribution in [2.75, 3.05) is 6.54 Å². The number of nitrogens with zero attached hydrogens (tertiary/aromatic N) is 1. The molecule has 2 rings (SSSR count). The third kappa shape index (κ3) is 1.45. The van der Waals surface area contributed by atoms with Crippen molar-refractivity contribution in [3.8, 4) is 12.3 Å². The number of ether oxygens (including phenoxy) is 1. The summed E-state index contributed by atoms with van der Waals surface area (Å²) in [5.41, 5.74) is -0.134. The number of cyclic esters (lactones) is 1. The van der Waals surface area contributed by atoms with Gasteiger partial charge in [0.15, 0.2) is 6.10 Å². The van der Waals surface area contributed by atoms with Crippen LogP contribution in [0.4, 0.5) is 4.79 Å². The lowest BCUT2D eigenvalue weighted by atomic mass is 9.85. The predicted octanol–water partition coefficient (Wildman–Crippen LogP) is 1.63. The molecule has 1 saturated carbocycles. The van der Waals surface area contributed by atoms with E-state index in [1.54, 1.807) is 0 Å². The molecule has 0 spiro atoms. The van der Waals surface area contributed by atoms with Gasteiger partial charge in [-0.25, -0.2) is 4.79 Å². The zero-order valence-electron chi connectivity index (χ0n) is 8.62. The molecular formula is C11H15NO2. The van der Waals surface area contributed by atoms with E-state index in [1.165, 1.54) is 0 Å². The maximum atomic E-state index is 11.5. The fraction of sp³-hybridized carbons (Fsp3) is 0.727. The molecule has 1 aliphatic heterocycles. The largest absolute Gasteiger partial charge is 0.432 e. The quantitative estimate of drug-likeness (QED) is 0.592. The molecule has 0 aromatic carbocycles. The van der Waals surface area contributed by atoms with Gasteiger partial charge in [-0.2, -0.15) is 0 Å². The molecule has 1 heterocycles. The fourth-order valence-corrected chi connectivity index (χ4v) is 1.84. The first-order chi connectivity index (χ1) is 6.54. The van der Waals surface area contributed by atoms with Crippen molar-refractivity contribution in [3.63, 3.8) is 0 Å². The van der Waals surface area contributed by atoms with Gasteiger partial charge in [-0.1, -0.05) is 19.8 Å². The Morgan fingerprint density at radius 2 is 2.21 bits per heavy atom. The summed E-state index contributed by atoms with van der Waals surface area (Å²) < 4.78 is 5.22. The van der Waals surface area contributed by atoms with Crippen molar-refractivity contribution in [1.82, 2.24) is 4.90 Å². The number of carbonyl (C=O) groups is 1. The van der Waals surface area contributed by atoms with Crippen LogP contribution in [0.25, 0.3) is 0 Å². The van der Waals surface area contributed by atoms with Gasteiger partial charge >= 0.3 is 6.09 Å². The normalized spacial score (nSPS) is 30.8. The number of hydrogen-bond donors (Lipinski definition) is 0. The number of rotatable bonds is 1. The highest BCUT2D eigenvalue weighted by molar-refractivity contribution is 5.70. The van der Waals surface area contributed by atoms with E-state index in [2.05, 4.69) is 5.92 Å². The molecule has 0 aromatic rings. The zero-order chi connectivity index (χ0) is 10.3. The van der Waals surface area contributed by atoms with Crippen molar-refractivity contribution < 1.29 is 9.53 Å². The van der Waals surface area contributed by atoms with Gasteiger partial charge in [0, 0.05) is 18.0 Å². The van der Waals surface area contributed by atoms with E-state index in [-0.39, 0.29) is 17.6 Å². The van der Waals surface area contributed by atoms with Crippen LogP contribution in [0.3, 0.4) is 0 Å². The zero-order valence-corrected chi connectivity index (χ0v) is 8.62. The molecule has 2 aliphatic rings. The topological polar surface area (TPSA) is 29.5 Å². The second-order valence-electron chi connectivity index (χ2n) is 4.78. The van der Waals surface area contributed by atoms with Crippen LogP contribution in [-0.4, -0.2) is 29.7 Å². The summed E-state index contributed by atoms with van der Waals surface area (Å²) in [6.07, 6.45) is 6.91. The predicted molar refractivity (Wildman–Crippen MR) is 52.6 cm³/mol. The Labute approximate surface area is 84.4 Å². The number of carbonyl (C=O) groups excluding carboxylic acids is 1. The number of hydrogen-bond acceptors (Lipinski definition) is 2. The third-order valence-corrected chi connectivity index (χ3v) is 2.88. The standard InChI is InChI=1S/C11H15NO2/c1-4-9-11(2,3)7-12(8-5-6-8)10(13)14-9/h1,8-9H,5-7H2,2-3H3. The van der Waals surface area contributed by atoms with E-state index in [0.717, 1.165) is 12.8 Å². The minimum Gasteiger partial charge on any atom is -0.432 e. The summed E-state index contributed by atoms with van der Waals surface area (Å²) in [6, 6.07) is 0.403. The average Bonchev–Trinajstić information content (AvgIpc) is 2.91. The Bertz CT molecular complexity index is 299. The van der Waals surface area contributed by atoms with E-state index in [9.17, 15) is 4.79 Å². The first kappa shape index (κ1) is 9.39. The highest BCUT2D eigenvalue weighted by atomic mass is 16.6. The van der Waals surface area contributed by atoms with Gasteiger partial charge in [-0.05, 0) is 12.8 Å². The first-order valence-electron chi connectivity index (χ1n) is 4.98. The number of terminal acetylenes is 1. The summed E-state index contributed by atoms with van der Waals surface area (Å²) in [5.74, 6) is 2.53. The van der Waals surface area contributed by atoms with Crippen LogP contribution in [0.2, 0.25) is 0 Å². The molecule has 1 aliphatic carbocycles. The van der Waals surface area contributed by atoms with Crippen LogP contribution < -0.4 is 0 Å². The Kier molecular flexibility index (Phi) is 1.95.